The fourth-order valence-electron chi connectivity index (χ4n) is 4.54. The standard InChI is InChI=1S/C20H32N2O4/c1-13-6-5-8-19(3)16(26-19)17-20(21,9-7-13)10-15(18(24)25-17)12-22(4)11-14(2)23/h6,15-17H,5,7-12,21H2,1-4H3/b13-6+. The van der Waals surface area contributed by atoms with Gasteiger partial charge < -0.3 is 15.2 Å². The number of nitrogens with two attached hydrogens (primary N) is 1. The number of nitrogens with zero attached hydrogens (tertiary/aromatic N) is 1. The van der Waals surface area contributed by atoms with Crippen LogP contribution in [-0.4, -0.2) is 60.1 Å². The van der Waals surface area contributed by atoms with Crippen molar-refractivity contribution >= 4 is 11.8 Å². The highest BCUT2D eigenvalue weighted by atomic mass is 16.6. The molecule has 5 unspecified atom stereocenters. The van der Waals surface area contributed by atoms with E-state index in [-0.39, 0.29) is 35.5 Å². The number of ketones is 1. The number of epoxide rings is 1. The summed E-state index contributed by atoms with van der Waals surface area (Å²) in [6.45, 7) is 6.60. The second-order valence-electron chi connectivity index (χ2n) is 8.83. The van der Waals surface area contributed by atoms with Gasteiger partial charge in [-0.2, -0.15) is 0 Å². The number of fused-ring (bicyclic) bond motifs is 3. The molecular formula is C20H32N2O4. The zero-order valence-electron chi connectivity index (χ0n) is 16.4. The molecule has 3 aliphatic rings. The Bertz CT molecular complexity index is 619. The lowest BCUT2D eigenvalue weighted by molar-refractivity contribution is -0.171. The van der Waals surface area contributed by atoms with Crippen LogP contribution in [0.25, 0.3) is 0 Å². The van der Waals surface area contributed by atoms with Crippen LogP contribution in [0.4, 0.5) is 0 Å². The molecule has 26 heavy (non-hydrogen) atoms. The van der Waals surface area contributed by atoms with E-state index in [2.05, 4.69) is 19.9 Å². The molecule has 0 spiro atoms. The Morgan fingerprint density at radius 3 is 2.81 bits per heavy atom. The summed E-state index contributed by atoms with van der Waals surface area (Å²) in [5.41, 5.74) is 7.34. The highest BCUT2D eigenvalue weighted by Crippen LogP contribution is 2.49. The third-order valence-electron chi connectivity index (χ3n) is 6.13. The maximum atomic E-state index is 12.6. The molecule has 0 radical (unpaired) electrons. The monoisotopic (exact) mass is 364 g/mol. The number of esters is 1. The van der Waals surface area contributed by atoms with Crippen molar-refractivity contribution in [1.29, 1.82) is 0 Å². The first-order valence-corrected chi connectivity index (χ1v) is 9.64. The van der Waals surface area contributed by atoms with Crippen molar-refractivity contribution in [1.82, 2.24) is 4.90 Å². The first-order chi connectivity index (χ1) is 12.1. The van der Waals surface area contributed by atoms with Gasteiger partial charge in [0.05, 0.1) is 23.6 Å². The van der Waals surface area contributed by atoms with Crippen molar-refractivity contribution in [2.75, 3.05) is 20.1 Å². The minimum absolute atomic E-state index is 0.0821. The van der Waals surface area contributed by atoms with Crippen LogP contribution < -0.4 is 5.73 Å². The quantitative estimate of drug-likeness (QED) is 0.465. The van der Waals surface area contributed by atoms with E-state index in [1.54, 1.807) is 6.92 Å². The van der Waals surface area contributed by atoms with Crippen LogP contribution in [0, 0.1) is 5.92 Å². The lowest BCUT2D eigenvalue weighted by Crippen LogP contribution is -2.62. The van der Waals surface area contributed by atoms with Crippen LogP contribution >= 0.6 is 0 Å². The number of hydrogen-bond donors (Lipinski definition) is 1. The molecule has 0 saturated carbocycles. The molecule has 0 bridgehead atoms. The van der Waals surface area contributed by atoms with E-state index in [9.17, 15) is 9.59 Å². The number of rotatable bonds is 4. The van der Waals surface area contributed by atoms with Gasteiger partial charge in [0.25, 0.3) is 0 Å². The molecule has 1 aliphatic carbocycles. The molecule has 2 saturated heterocycles. The van der Waals surface area contributed by atoms with Gasteiger partial charge in [0.1, 0.15) is 18.0 Å². The van der Waals surface area contributed by atoms with Gasteiger partial charge >= 0.3 is 5.97 Å². The molecule has 3 rings (SSSR count). The van der Waals surface area contributed by atoms with Crippen molar-refractivity contribution in [3.8, 4) is 0 Å². The third-order valence-corrected chi connectivity index (χ3v) is 6.13. The molecule has 2 heterocycles. The summed E-state index contributed by atoms with van der Waals surface area (Å²) in [6, 6.07) is 0. The molecule has 6 heteroatoms. The van der Waals surface area contributed by atoms with Crippen molar-refractivity contribution in [2.45, 2.75) is 76.2 Å². The highest BCUT2D eigenvalue weighted by Gasteiger charge is 2.63. The normalized spacial score (nSPS) is 42.2. The van der Waals surface area contributed by atoms with Crippen molar-refractivity contribution in [2.24, 2.45) is 11.7 Å². The topological polar surface area (TPSA) is 85.2 Å². The van der Waals surface area contributed by atoms with Crippen LogP contribution in [0.5, 0.6) is 0 Å². The van der Waals surface area contributed by atoms with E-state index in [0.29, 0.717) is 19.5 Å². The maximum absolute atomic E-state index is 12.6. The zero-order valence-corrected chi connectivity index (χ0v) is 16.4. The molecule has 0 aromatic heterocycles. The van der Waals surface area contributed by atoms with Gasteiger partial charge in [-0.25, -0.2) is 0 Å². The number of likely N-dealkylation sites (N-methyl/N-ethyl adjacent to an activating group) is 1. The van der Waals surface area contributed by atoms with Gasteiger partial charge in [-0.15, -0.1) is 0 Å². The smallest absolute Gasteiger partial charge is 0.310 e. The maximum Gasteiger partial charge on any atom is 0.310 e. The largest absolute Gasteiger partial charge is 0.457 e. The van der Waals surface area contributed by atoms with Crippen LogP contribution in [0.3, 0.4) is 0 Å². The van der Waals surface area contributed by atoms with E-state index in [0.717, 1.165) is 25.7 Å². The van der Waals surface area contributed by atoms with Crippen LogP contribution in [0.2, 0.25) is 0 Å². The molecule has 146 valence electrons. The Kier molecular flexibility index (Phi) is 5.30. The Labute approximate surface area is 156 Å². The lowest BCUT2D eigenvalue weighted by atomic mass is 9.73. The molecule has 0 amide bonds. The molecule has 2 fully saturated rings. The van der Waals surface area contributed by atoms with Crippen molar-refractivity contribution in [3.05, 3.63) is 11.6 Å². The number of ether oxygens (including phenoxy) is 2. The average Bonchev–Trinajstić information content (AvgIpc) is 3.19. The van der Waals surface area contributed by atoms with E-state index in [1.165, 1.54) is 5.57 Å². The first kappa shape index (κ1) is 19.5. The van der Waals surface area contributed by atoms with Crippen LogP contribution in [0.1, 0.15) is 52.9 Å². The molecule has 2 aliphatic heterocycles. The second kappa shape index (κ2) is 7.06. The summed E-state index contributed by atoms with van der Waals surface area (Å²) in [4.78, 5) is 25.9. The lowest BCUT2D eigenvalue weighted by Gasteiger charge is -2.44. The molecule has 2 N–H and O–H groups in total. The molecule has 0 aromatic carbocycles. The van der Waals surface area contributed by atoms with Gasteiger partial charge in [0, 0.05) is 6.54 Å². The van der Waals surface area contributed by atoms with E-state index >= 15 is 0 Å². The zero-order chi connectivity index (χ0) is 19.1. The van der Waals surface area contributed by atoms with E-state index < -0.39 is 5.54 Å². The highest BCUT2D eigenvalue weighted by molar-refractivity contribution is 5.78. The van der Waals surface area contributed by atoms with Crippen molar-refractivity contribution < 1.29 is 19.1 Å². The molecule has 6 nitrogen and oxygen atoms in total. The Hall–Kier alpha value is -1.24. The van der Waals surface area contributed by atoms with E-state index in [4.69, 9.17) is 15.2 Å². The van der Waals surface area contributed by atoms with Crippen LogP contribution in [0.15, 0.2) is 11.6 Å². The minimum Gasteiger partial charge on any atom is -0.457 e. The number of Topliss-reactive ketones (excluding diaryl/α,β-unsaturated/α-hetero) is 1. The fraction of sp³-hybridized carbons (Fsp3) is 0.800. The predicted molar refractivity (Wildman–Crippen MR) is 98.6 cm³/mol. The molecular weight excluding hydrogens is 332 g/mol. The summed E-state index contributed by atoms with van der Waals surface area (Å²) < 4.78 is 11.9. The van der Waals surface area contributed by atoms with E-state index in [1.807, 2.05) is 11.9 Å². The molecule has 0 aromatic rings. The summed E-state index contributed by atoms with van der Waals surface area (Å²) in [5.74, 6) is -0.440. The summed E-state index contributed by atoms with van der Waals surface area (Å²) in [5, 5.41) is 0. The van der Waals surface area contributed by atoms with Gasteiger partial charge in [-0.3, -0.25) is 14.5 Å². The summed E-state index contributed by atoms with van der Waals surface area (Å²) in [6.07, 6.45) is 5.93. The number of carbonyl (C=O) groups excluding carboxylic acids is 2. The SMILES string of the molecule is CC(=O)CN(C)CC1CC2(N)CC/C(C)=C/CCC3(C)OC3C2OC1=O. The third kappa shape index (κ3) is 4.02. The minimum atomic E-state index is -0.593. The number of allylic oxidation sites excluding steroid dienone is 2. The predicted octanol–water partition coefficient (Wildman–Crippen LogP) is 1.81. The van der Waals surface area contributed by atoms with Gasteiger partial charge in [-0.05, 0) is 59.9 Å². The fourth-order valence-corrected chi connectivity index (χ4v) is 4.54. The summed E-state index contributed by atoms with van der Waals surface area (Å²) >= 11 is 0. The van der Waals surface area contributed by atoms with Crippen LogP contribution in [-0.2, 0) is 19.1 Å². The summed E-state index contributed by atoms with van der Waals surface area (Å²) in [7, 11) is 1.85. The second-order valence-corrected chi connectivity index (χ2v) is 8.83. The first-order valence-electron chi connectivity index (χ1n) is 9.64. The number of carbonyl (C=O) groups is 2. The van der Waals surface area contributed by atoms with Gasteiger partial charge in [0.15, 0.2) is 0 Å². The van der Waals surface area contributed by atoms with Gasteiger partial charge in [-0.1, -0.05) is 11.6 Å². The Morgan fingerprint density at radius 2 is 2.12 bits per heavy atom. The Morgan fingerprint density at radius 1 is 1.38 bits per heavy atom. The number of hydrogen-bond acceptors (Lipinski definition) is 6. The van der Waals surface area contributed by atoms with Gasteiger partial charge in [0.2, 0.25) is 0 Å². The molecule has 5 atom stereocenters. The average molecular weight is 364 g/mol. The Balaban J connectivity index is 1.78. The van der Waals surface area contributed by atoms with Crippen molar-refractivity contribution in [3.63, 3.8) is 0 Å².